The van der Waals surface area contributed by atoms with Gasteiger partial charge in [0.1, 0.15) is 12.1 Å². The van der Waals surface area contributed by atoms with Crippen LogP contribution in [0.15, 0.2) is 42.5 Å². The van der Waals surface area contributed by atoms with Crippen molar-refractivity contribution in [3.63, 3.8) is 0 Å². The SMILES string of the molecule is Cc1ccc(NC(=O)CN2C(=O)N[C@@]3(CCCc4ccccc43)C2=O)cc1C. The first-order chi connectivity index (χ1) is 13.4. The van der Waals surface area contributed by atoms with E-state index in [1.807, 2.05) is 56.3 Å². The molecule has 1 spiro atoms. The first-order valence-electron chi connectivity index (χ1n) is 9.50. The average Bonchev–Trinajstić information content (AvgIpc) is 2.90. The van der Waals surface area contributed by atoms with Gasteiger partial charge in [-0.3, -0.25) is 14.5 Å². The lowest BCUT2D eigenvalue weighted by atomic mass is 9.76. The Bertz CT molecular complexity index is 985. The molecule has 1 fully saturated rings. The minimum Gasteiger partial charge on any atom is -0.325 e. The lowest BCUT2D eigenvalue weighted by molar-refractivity contribution is -0.134. The van der Waals surface area contributed by atoms with Crippen LogP contribution in [0.1, 0.15) is 35.1 Å². The number of nitrogens with one attached hydrogen (secondary N) is 2. The molecule has 2 aromatic rings. The van der Waals surface area contributed by atoms with Gasteiger partial charge in [0.15, 0.2) is 0 Å². The summed E-state index contributed by atoms with van der Waals surface area (Å²) in [6.07, 6.45) is 2.24. The molecule has 28 heavy (non-hydrogen) atoms. The summed E-state index contributed by atoms with van der Waals surface area (Å²) < 4.78 is 0. The number of fused-ring (bicyclic) bond motifs is 2. The van der Waals surface area contributed by atoms with E-state index < -0.39 is 17.5 Å². The van der Waals surface area contributed by atoms with Crippen molar-refractivity contribution < 1.29 is 14.4 Å². The van der Waals surface area contributed by atoms with Crippen LogP contribution >= 0.6 is 0 Å². The summed E-state index contributed by atoms with van der Waals surface area (Å²) >= 11 is 0. The van der Waals surface area contributed by atoms with E-state index in [9.17, 15) is 14.4 Å². The van der Waals surface area contributed by atoms with Crippen molar-refractivity contribution in [2.24, 2.45) is 0 Å². The summed E-state index contributed by atoms with van der Waals surface area (Å²) in [6.45, 7) is 3.66. The molecular weight excluding hydrogens is 354 g/mol. The number of aryl methyl sites for hydroxylation is 3. The van der Waals surface area contributed by atoms with Crippen LogP contribution in [0, 0.1) is 13.8 Å². The Morgan fingerprint density at radius 2 is 1.93 bits per heavy atom. The molecule has 0 saturated carbocycles. The van der Waals surface area contributed by atoms with Gasteiger partial charge in [-0.1, -0.05) is 30.3 Å². The van der Waals surface area contributed by atoms with Gasteiger partial charge in [-0.15, -0.1) is 0 Å². The number of urea groups is 1. The molecule has 0 radical (unpaired) electrons. The zero-order valence-electron chi connectivity index (χ0n) is 16.0. The molecule has 6 heteroatoms. The van der Waals surface area contributed by atoms with Gasteiger partial charge in [0.05, 0.1) is 0 Å². The maximum absolute atomic E-state index is 13.2. The molecule has 0 unspecified atom stereocenters. The van der Waals surface area contributed by atoms with Gasteiger partial charge >= 0.3 is 6.03 Å². The highest BCUT2D eigenvalue weighted by Gasteiger charge is 2.54. The van der Waals surface area contributed by atoms with Gasteiger partial charge in [0.2, 0.25) is 5.91 Å². The van der Waals surface area contributed by atoms with Gasteiger partial charge in [0, 0.05) is 5.69 Å². The molecular formula is C22H23N3O3. The number of nitrogens with zero attached hydrogens (tertiary/aromatic N) is 1. The third-order valence-electron chi connectivity index (χ3n) is 5.74. The third-order valence-corrected chi connectivity index (χ3v) is 5.74. The van der Waals surface area contributed by atoms with Crippen molar-refractivity contribution >= 4 is 23.5 Å². The molecule has 1 heterocycles. The summed E-state index contributed by atoms with van der Waals surface area (Å²) in [5.74, 6) is -0.743. The summed E-state index contributed by atoms with van der Waals surface area (Å²) in [5.41, 5.74) is 3.71. The molecule has 4 rings (SSSR count). The van der Waals surface area contributed by atoms with Gasteiger partial charge in [-0.05, 0) is 67.5 Å². The van der Waals surface area contributed by atoms with Crippen molar-refractivity contribution in [2.45, 2.75) is 38.6 Å². The topological polar surface area (TPSA) is 78.5 Å². The number of rotatable bonds is 3. The van der Waals surface area contributed by atoms with E-state index in [2.05, 4.69) is 10.6 Å². The van der Waals surface area contributed by atoms with Crippen LogP contribution in [0.25, 0.3) is 0 Å². The molecule has 144 valence electrons. The quantitative estimate of drug-likeness (QED) is 0.807. The second-order valence-corrected chi connectivity index (χ2v) is 7.58. The van der Waals surface area contributed by atoms with Crippen LogP contribution in [0.2, 0.25) is 0 Å². The Kier molecular flexibility index (Phi) is 4.41. The molecule has 1 aliphatic heterocycles. The summed E-state index contributed by atoms with van der Waals surface area (Å²) in [5, 5.41) is 5.64. The highest BCUT2D eigenvalue weighted by atomic mass is 16.2. The van der Waals surface area contributed by atoms with Gasteiger partial charge in [-0.2, -0.15) is 0 Å². The Hall–Kier alpha value is -3.15. The van der Waals surface area contributed by atoms with Crippen LogP contribution in [-0.2, 0) is 21.5 Å². The van der Waals surface area contributed by atoms with Crippen molar-refractivity contribution in [1.29, 1.82) is 0 Å². The van der Waals surface area contributed by atoms with Crippen molar-refractivity contribution in [1.82, 2.24) is 10.2 Å². The zero-order valence-corrected chi connectivity index (χ0v) is 16.0. The summed E-state index contributed by atoms with van der Waals surface area (Å²) in [4.78, 5) is 39.3. The van der Waals surface area contributed by atoms with Gasteiger partial charge in [-0.25, -0.2) is 4.79 Å². The Balaban J connectivity index is 1.54. The lowest BCUT2D eigenvalue weighted by Gasteiger charge is -2.33. The molecule has 0 bridgehead atoms. The largest absolute Gasteiger partial charge is 0.325 e. The maximum Gasteiger partial charge on any atom is 0.325 e. The Labute approximate surface area is 163 Å². The van der Waals surface area contributed by atoms with E-state index >= 15 is 0 Å². The van der Waals surface area contributed by atoms with Crippen molar-refractivity contribution in [2.75, 3.05) is 11.9 Å². The standard InChI is InChI=1S/C22H23N3O3/c1-14-9-10-17(12-15(14)2)23-19(26)13-25-20(27)22(24-21(25)28)11-5-7-16-6-3-4-8-18(16)22/h3-4,6,8-10,12H,5,7,11,13H2,1-2H3,(H,23,26)(H,24,28)/t22-/m1/s1. The van der Waals surface area contributed by atoms with Crippen LogP contribution in [-0.4, -0.2) is 29.3 Å². The molecule has 1 atom stereocenters. The van der Waals surface area contributed by atoms with Gasteiger partial charge in [0.25, 0.3) is 5.91 Å². The minimum absolute atomic E-state index is 0.304. The second kappa shape index (κ2) is 6.78. The highest BCUT2D eigenvalue weighted by molar-refractivity contribution is 6.10. The van der Waals surface area contributed by atoms with Crippen LogP contribution in [0.4, 0.5) is 10.5 Å². The predicted molar refractivity (Wildman–Crippen MR) is 106 cm³/mol. The molecule has 2 N–H and O–H groups in total. The molecule has 0 aromatic heterocycles. The molecule has 1 aliphatic carbocycles. The predicted octanol–water partition coefficient (Wildman–Crippen LogP) is 3.03. The number of amides is 4. The van der Waals surface area contributed by atoms with E-state index in [-0.39, 0.29) is 12.5 Å². The molecule has 2 aliphatic rings. The second-order valence-electron chi connectivity index (χ2n) is 7.58. The normalized spacial score (nSPS) is 20.9. The van der Waals surface area contributed by atoms with E-state index in [0.717, 1.165) is 40.0 Å². The van der Waals surface area contributed by atoms with E-state index in [4.69, 9.17) is 0 Å². The molecule has 2 aromatic carbocycles. The molecule has 4 amide bonds. The van der Waals surface area contributed by atoms with Crippen LogP contribution in [0.5, 0.6) is 0 Å². The van der Waals surface area contributed by atoms with Gasteiger partial charge < -0.3 is 10.6 Å². The Morgan fingerprint density at radius 1 is 1.14 bits per heavy atom. The van der Waals surface area contributed by atoms with Crippen LogP contribution < -0.4 is 10.6 Å². The summed E-state index contributed by atoms with van der Waals surface area (Å²) in [6, 6.07) is 12.8. The van der Waals surface area contributed by atoms with Crippen molar-refractivity contribution in [3.8, 4) is 0 Å². The number of hydrogen-bond acceptors (Lipinski definition) is 3. The molecule has 1 saturated heterocycles. The number of hydrogen-bond donors (Lipinski definition) is 2. The fourth-order valence-corrected chi connectivity index (χ4v) is 4.12. The first-order valence-corrected chi connectivity index (χ1v) is 9.50. The first kappa shape index (κ1) is 18.2. The smallest absolute Gasteiger partial charge is 0.325 e. The minimum atomic E-state index is -1.05. The number of carbonyl (C=O) groups excluding carboxylic acids is 3. The third kappa shape index (κ3) is 2.95. The number of anilines is 1. The highest BCUT2D eigenvalue weighted by Crippen LogP contribution is 2.39. The average molecular weight is 377 g/mol. The number of imide groups is 1. The maximum atomic E-state index is 13.2. The lowest BCUT2D eigenvalue weighted by Crippen LogP contribution is -2.47. The van der Waals surface area contributed by atoms with E-state index in [0.29, 0.717) is 12.1 Å². The monoisotopic (exact) mass is 377 g/mol. The number of carbonyl (C=O) groups is 3. The fraction of sp³-hybridized carbons (Fsp3) is 0.318. The molecule has 6 nitrogen and oxygen atoms in total. The van der Waals surface area contributed by atoms with Crippen LogP contribution in [0.3, 0.4) is 0 Å². The summed E-state index contributed by atoms with van der Waals surface area (Å²) in [7, 11) is 0. The fourth-order valence-electron chi connectivity index (χ4n) is 4.12. The number of benzene rings is 2. The van der Waals surface area contributed by atoms with E-state index in [1.165, 1.54) is 0 Å². The Morgan fingerprint density at radius 3 is 2.71 bits per heavy atom. The zero-order chi connectivity index (χ0) is 19.9. The van der Waals surface area contributed by atoms with E-state index in [1.54, 1.807) is 0 Å². The van der Waals surface area contributed by atoms with Crippen molar-refractivity contribution in [3.05, 3.63) is 64.7 Å².